The Morgan fingerprint density at radius 3 is 2.21 bits per heavy atom. The lowest BCUT2D eigenvalue weighted by Gasteiger charge is -2.34. The van der Waals surface area contributed by atoms with Gasteiger partial charge in [0.05, 0.1) is 11.3 Å². The van der Waals surface area contributed by atoms with Crippen LogP contribution in [0.25, 0.3) is 16.9 Å². The summed E-state index contributed by atoms with van der Waals surface area (Å²) in [6.07, 6.45) is 1.81. The molecule has 5 rings (SSSR count). The lowest BCUT2D eigenvalue weighted by molar-refractivity contribution is 0.102. The summed E-state index contributed by atoms with van der Waals surface area (Å²) in [4.78, 5) is 18.2. The third-order valence-corrected chi connectivity index (χ3v) is 6.35. The second-order valence-corrected chi connectivity index (χ2v) is 8.78. The van der Waals surface area contributed by atoms with E-state index in [0.29, 0.717) is 11.3 Å². The van der Waals surface area contributed by atoms with Crippen LogP contribution in [0.3, 0.4) is 0 Å². The fraction of sp³-hybridized carbons (Fsp3) is 0.214. The molecule has 4 aromatic rings. The van der Waals surface area contributed by atoms with Crippen LogP contribution >= 0.6 is 0 Å². The molecule has 0 spiro atoms. The van der Waals surface area contributed by atoms with Crippen molar-refractivity contribution in [3.63, 3.8) is 0 Å². The molecule has 1 amide bonds. The van der Waals surface area contributed by atoms with Gasteiger partial charge in [-0.1, -0.05) is 48.5 Å². The maximum atomic E-state index is 13.4. The number of carbonyl (C=O) groups is 1. The van der Waals surface area contributed by atoms with Gasteiger partial charge in [-0.05, 0) is 49.9 Å². The molecule has 1 saturated heterocycles. The van der Waals surface area contributed by atoms with E-state index in [1.807, 2.05) is 73.7 Å². The summed E-state index contributed by atoms with van der Waals surface area (Å²) < 4.78 is 1.76. The minimum absolute atomic E-state index is 0.170. The second kappa shape index (κ2) is 9.53. The molecule has 1 fully saturated rings. The number of nitrogens with one attached hydrogen (secondary N) is 1. The summed E-state index contributed by atoms with van der Waals surface area (Å²) in [6.45, 7) is 6.19. The molecule has 3 aromatic carbocycles. The number of carbonyl (C=O) groups excluding carboxylic acids is 1. The smallest absolute Gasteiger partial charge is 0.259 e. The Balaban J connectivity index is 1.43. The van der Waals surface area contributed by atoms with Gasteiger partial charge in [-0.3, -0.25) is 4.79 Å². The van der Waals surface area contributed by atoms with Gasteiger partial charge in [0.1, 0.15) is 5.69 Å². The van der Waals surface area contributed by atoms with Crippen LogP contribution in [0.5, 0.6) is 0 Å². The number of benzene rings is 3. The van der Waals surface area contributed by atoms with E-state index in [2.05, 4.69) is 34.3 Å². The minimum Gasteiger partial charge on any atom is -0.369 e. The van der Waals surface area contributed by atoms with E-state index >= 15 is 0 Å². The Kier molecular flexibility index (Phi) is 6.14. The number of hydrogen-bond acceptors (Lipinski definition) is 4. The van der Waals surface area contributed by atoms with Crippen molar-refractivity contribution in [3.05, 3.63) is 96.2 Å². The summed E-state index contributed by atoms with van der Waals surface area (Å²) in [7, 11) is 2.16. The lowest BCUT2D eigenvalue weighted by Crippen LogP contribution is -2.44. The molecule has 0 aliphatic carbocycles. The monoisotopic (exact) mass is 451 g/mol. The quantitative estimate of drug-likeness (QED) is 0.471. The van der Waals surface area contributed by atoms with Crippen molar-refractivity contribution in [1.82, 2.24) is 14.7 Å². The maximum absolute atomic E-state index is 13.4. The van der Waals surface area contributed by atoms with Gasteiger partial charge < -0.3 is 15.1 Å². The molecule has 1 aliphatic heterocycles. The molecule has 2 heterocycles. The Morgan fingerprint density at radius 2 is 1.53 bits per heavy atom. The first kappa shape index (κ1) is 21.9. The highest BCUT2D eigenvalue weighted by atomic mass is 16.1. The first-order chi connectivity index (χ1) is 16.6. The normalized spacial score (nSPS) is 14.2. The number of nitrogens with zero attached hydrogens (tertiary/aromatic N) is 4. The van der Waals surface area contributed by atoms with Crippen LogP contribution in [-0.2, 0) is 0 Å². The van der Waals surface area contributed by atoms with Gasteiger partial charge in [0.25, 0.3) is 5.91 Å². The second-order valence-electron chi connectivity index (χ2n) is 8.78. The molecule has 0 unspecified atom stereocenters. The van der Waals surface area contributed by atoms with Gasteiger partial charge >= 0.3 is 0 Å². The Labute approximate surface area is 200 Å². The van der Waals surface area contributed by atoms with E-state index in [-0.39, 0.29) is 5.91 Å². The number of anilines is 2. The summed E-state index contributed by atoms with van der Waals surface area (Å²) in [5, 5.41) is 7.88. The van der Waals surface area contributed by atoms with E-state index in [9.17, 15) is 4.79 Å². The summed E-state index contributed by atoms with van der Waals surface area (Å²) in [5.74, 6) is -0.170. The molecular formula is C28H29N5O. The SMILES string of the molecule is Cc1cc(N2CCN(C)CC2)ccc1NC(=O)c1cn(-c2ccccc2)nc1-c1ccccc1. The van der Waals surface area contributed by atoms with Crippen molar-refractivity contribution in [2.24, 2.45) is 0 Å². The van der Waals surface area contributed by atoms with Crippen LogP contribution in [0.2, 0.25) is 0 Å². The van der Waals surface area contributed by atoms with Gasteiger partial charge in [0.2, 0.25) is 0 Å². The molecule has 6 heteroatoms. The highest BCUT2D eigenvalue weighted by Gasteiger charge is 2.20. The van der Waals surface area contributed by atoms with Gasteiger partial charge in [0.15, 0.2) is 0 Å². The highest BCUT2D eigenvalue weighted by Crippen LogP contribution is 2.27. The van der Waals surface area contributed by atoms with Gasteiger partial charge in [-0.2, -0.15) is 5.10 Å². The number of piperazine rings is 1. The zero-order valence-electron chi connectivity index (χ0n) is 19.6. The molecule has 6 nitrogen and oxygen atoms in total. The number of aryl methyl sites for hydroxylation is 1. The van der Waals surface area contributed by atoms with Crippen LogP contribution in [0.1, 0.15) is 15.9 Å². The Morgan fingerprint density at radius 1 is 0.853 bits per heavy atom. The van der Waals surface area contributed by atoms with Gasteiger partial charge in [0, 0.05) is 49.3 Å². The number of rotatable bonds is 5. The average molecular weight is 452 g/mol. The van der Waals surface area contributed by atoms with Crippen LogP contribution in [0.15, 0.2) is 85.1 Å². The predicted molar refractivity (Wildman–Crippen MR) is 138 cm³/mol. The highest BCUT2D eigenvalue weighted by molar-refractivity contribution is 6.08. The summed E-state index contributed by atoms with van der Waals surface area (Å²) >= 11 is 0. The minimum atomic E-state index is -0.170. The van der Waals surface area contributed by atoms with Crippen LogP contribution in [-0.4, -0.2) is 53.8 Å². The molecule has 1 aromatic heterocycles. The van der Waals surface area contributed by atoms with Crippen LogP contribution < -0.4 is 10.2 Å². The van der Waals surface area contributed by atoms with Crippen molar-refractivity contribution in [2.45, 2.75) is 6.92 Å². The molecule has 0 bridgehead atoms. The fourth-order valence-corrected chi connectivity index (χ4v) is 4.30. The van der Waals surface area contributed by atoms with Crippen molar-refractivity contribution < 1.29 is 4.79 Å². The zero-order chi connectivity index (χ0) is 23.5. The standard InChI is InChI=1S/C28H29N5O/c1-21-19-24(32-17-15-31(2)16-18-32)13-14-26(21)29-28(34)25-20-33(23-11-7-4-8-12-23)30-27(25)22-9-5-3-6-10-22/h3-14,19-20H,15-18H2,1-2H3,(H,29,34). The van der Waals surface area contributed by atoms with E-state index in [0.717, 1.165) is 48.7 Å². The summed E-state index contributed by atoms with van der Waals surface area (Å²) in [6, 6.07) is 25.9. The lowest BCUT2D eigenvalue weighted by atomic mass is 10.1. The molecule has 0 atom stereocenters. The Bertz CT molecular complexity index is 1270. The van der Waals surface area contributed by atoms with Crippen LogP contribution in [0.4, 0.5) is 11.4 Å². The largest absolute Gasteiger partial charge is 0.369 e. The third kappa shape index (κ3) is 4.58. The predicted octanol–water partition coefficient (Wildman–Crippen LogP) is 4.85. The topological polar surface area (TPSA) is 53.4 Å². The third-order valence-electron chi connectivity index (χ3n) is 6.35. The number of likely N-dealkylation sites (N-methyl/N-ethyl adjacent to an activating group) is 1. The molecule has 34 heavy (non-hydrogen) atoms. The van der Waals surface area contributed by atoms with Crippen molar-refractivity contribution in [3.8, 4) is 16.9 Å². The molecule has 0 radical (unpaired) electrons. The van der Waals surface area contributed by atoms with E-state index in [4.69, 9.17) is 5.10 Å². The summed E-state index contributed by atoms with van der Waals surface area (Å²) in [5.41, 5.74) is 6.07. The number of para-hydroxylation sites is 1. The number of hydrogen-bond donors (Lipinski definition) is 1. The first-order valence-corrected chi connectivity index (χ1v) is 11.6. The van der Waals surface area contributed by atoms with Crippen molar-refractivity contribution >= 4 is 17.3 Å². The molecule has 0 saturated carbocycles. The van der Waals surface area contributed by atoms with E-state index in [1.165, 1.54) is 5.69 Å². The number of amides is 1. The Hall–Kier alpha value is -3.90. The molecular weight excluding hydrogens is 422 g/mol. The van der Waals surface area contributed by atoms with Gasteiger partial charge in [-0.25, -0.2) is 4.68 Å². The molecule has 1 aliphatic rings. The van der Waals surface area contributed by atoms with E-state index < -0.39 is 0 Å². The van der Waals surface area contributed by atoms with Crippen molar-refractivity contribution in [2.75, 3.05) is 43.4 Å². The molecule has 172 valence electrons. The molecule has 1 N–H and O–H groups in total. The average Bonchev–Trinajstić information content (AvgIpc) is 3.33. The van der Waals surface area contributed by atoms with Crippen LogP contribution in [0, 0.1) is 6.92 Å². The van der Waals surface area contributed by atoms with E-state index in [1.54, 1.807) is 10.9 Å². The zero-order valence-corrected chi connectivity index (χ0v) is 19.6. The van der Waals surface area contributed by atoms with Gasteiger partial charge in [-0.15, -0.1) is 0 Å². The number of aromatic nitrogens is 2. The van der Waals surface area contributed by atoms with Crippen molar-refractivity contribution in [1.29, 1.82) is 0 Å². The maximum Gasteiger partial charge on any atom is 0.259 e. The fourth-order valence-electron chi connectivity index (χ4n) is 4.30. The first-order valence-electron chi connectivity index (χ1n) is 11.6.